The lowest BCUT2D eigenvalue weighted by Gasteiger charge is -2.34. The molecule has 39 heteroatoms. The number of hydrogen-bond acceptors (Lipinski definition) is 26. The molecule has 3 aliphatic rings. The van der Waals surface area contributed by atoms with Crippen LogP contribution in [0.4, 0.5) is 0 Å². The average Bonchev–Trinajstić information content (AvgIpc) is 0.759. The van der Waals surface area contributed by atoms with Crippen molar-refractivity contribution in [3.8, 4) is 23.0 Å². The fourth-order valence-corrected chi connectivity index (χ4v) is 18.1. The van der Waals surface area contributed by atoms with E-state index in [0.29, 0.717) is 64.3 Å². The summed E-state index contributed by atoms with van der Waals surface area (Å²) >= 11 is 7.28. The van der Waals surface area contributed by atoms with Crippen molar-refractivity contribution in [2.75, 3.05) is 72.8 Å². The van der Waals surface area contributed by atoms with E-state index in [-0.39, 0.29) is 151 Å². The summed E-state index contributed by atoms with van der Waals surface area (Å²) < 4.78 is 112. The molecule has 3 aliphatic heterocycles. The topological polar surface area (TPSA) is 490 Å². The highest BCUT2D eigenvalue weighted by molar-refractivity contribution is 7.98. The number of methoxy groups -OCH3 is 1. The van der Waals surface area contributed by atoms with Gasteiger partial charge < -0.3 is 33.2 Å². The van der Waals surface area contributed by atoms with Gasteiger partial charge in [0.25, 0.3) is 35.4 Å². The lowest BCUT2D eigenvalue weighted by Crippen LogP contribution is -2.54. The van der Waals surface area contributed by atoms with Crippen LogP contribution in [0.2, 0.25) is 5.02 Å². The van der Waals surface area contributed by atoms with Crippen LogP contribution >= 0.6 is 23.4 Å². The van der Waals surface area contributed by atoms with Crippen LogP contribution in [0.25, 0.3) is 0 Å². The number of ether oxygens (including phenoxy) is 7. The maximum atomic E-state index is 13.3. The quantitative estimate of drug-likeness (QED) is 0.00984. The van der Waals surface area contributed by atoms with E-state index in [1.807, 2.05) is 18.4 Å². The van der Waals surface area contributed by atoms with E-state index < -0.39 is 91.0 Å². The molecule has 3 saturated heterocycles. The van der Waals surface area contributed by atoms with E-state index in [0.717, 1.165) is 10.5 Å². The van der Waals surface area contributed by atoms with E-state index in [4.69, 9.17) is 60.4 Å². The summed E-state index contributed by atoms with van der Waals surface area (Å²) in [6.07, 6.45) is 2.68. The molecule has 0 aromatic heterocycles. The number of hydrazine groups is 3. The molecule has 0 atom stereocenters. The zero-order valence-corrected chi connectivity index (χ0v) is 66.1. The Labute approximate surface area is 669 Å². The van der Waals surface area contributed by atoms with Crippen LogP contribution in [0.15, 0.2) is 159 Å². The Kier molecular flexibility index (Phi) is 35.9. The summed E-state index contributed by atoms with van der Waals surface area (Å²) in [4.78, 5) is 110. The van der Waals surface area contributed by atoms with Crippen molar-refractivity contribution in [2.45, 2.75) is 138 Å². The van der Waals surface area contributed by atoms with Crippen LogP contribution in [-0.4, -0.2) is 181 Å². The SMILES string of the molecule is C.CC(C)c1ccc(C(=O)NNC(=O)CCCOc2ccc(S(=O)(=O)C3(C(=O)NO)CCOCC3)cc2)cc1.COc1cc(SC)ccc1C(=O)NNC(=O)CCCOc1ccc(S(=O)(=O)C2(C(=O)NO)CCOCC2)cc1.O=C(CCCOc1ccc(S(=O)(=O)C2(C(=O)NO)CCOCC2)cc1)NNC(=O)c1ccc(Cl)cc1. The summed E-state index contributed by atoms with van der Waals surface area (Å²) in [5.41, 5.74) is 20.7. The number of carbonyl (C=O) groups is 9. The maximum Gasteiger partial charge on any atom is 0.273 e. The minimum absolute atomic E-state index is 0. The van der Waals surface area contributed by atoms with Gasteiger partial charge in [0.15, 0.2) is 43.8 Å². The molecule has 6 aromatic carbocycles. The van der Waals surface area contributed by atoms with Crippen molar-refractivity contribution >= 4 is 106 Å². The predicted molar refractivity (Wildman–Crippen MR) is 414 cm³/mol. The molecule has 0 saturated carbocycles. The molecule has 0 spiro atoms. The summed E-state index contributed by atoms with van der Waals surface area (Å²) in [5, 5.41) is 27.9. The fraction of sp³-hybridized carbons (Fsp3) is 0.400. The van der Waals surface area contributed by atoms with E-state index >= 15 is 0 Å². The molecule has 114 heavy (non-hydrogen) atoms. The standard InChI is InChI=1S/C26H33N3O8S.C25H31N3O9S2.C23H26ClN3O8S.CH4/c1-18(2)19-5-7-20(8-6-19)24(31)28-27-23(30)4-3-15-37-21-9-11-22(12-10-21)38(34,35)26(25(32)29-33)13-16-36-17-14-26;1-35-21-16-18(38-2)7-10-20(21)23(30)27-26-22(29)4-3-13-37-17-5-8-19(9-6-17)39(33,34)25(24(31)28-32)11-14-36-15-12-25;24-17-5-3-16(4-6-17)21(29)26-25-20(28)2-1-13-35-18-7-9-19(10-8-18)36(32,33)23(22(30)27-31)11-14-34-15-12-23;/h5-12,18,33H,3-4,13-17H2,1-2H3,(H,27,30)(H,28,31)(H,29,32);5-10,16,32H,3-4,11-15H2,1-2H3,(H,26,29)(H,27,30)(H,28,31);3-10,31H,1-2,11-15H2,(H,25,28)(H,26,29)(H,27,30);1H4. The van der Waals surface area contributed by atoms with Gasteiger partial charge in [0.1, 0.15) is 23.0 Å². The second kappa shape index (κ2) is 44.0. The number of sulfone groups is 3. The van der Waals surface area contributed by atoms with Gasteiger partial charge in [0.05, 0.1) is 47.2 Å². The Hall–Kier alpha value is -10.0. The van der Waals surface area contributed by atoms with Gasteiger partial charge in [-0.3, -0.25) is 91.3 Å². The number of benzene rings is 6. The van der Waals surface area contributed by atoms with Gasteiger partial charge >= 0.3 is 0 Å². The minimum atomic E-state index is -4.13. The average molecular weight is 1690 g/mol. The van der Waals surface area contributed by atoms with Gasteiger partial charge in [-0.2, -0.15) is 0 Å². The second-order valence-corrected chi connectivity index (χ2v) is 33.9. The van der Waals surface area contributed by atoms with Crippen LogP contribution in [0.3, 0.4) is 0 Å². The Morgan fingerprint density at radius 3 is 1.04 bits per heavy atom. The van der Waals surface area contributed by atoms with Crippen molar-refractivity contribution in [1.82, 2.24) is 49.0 Å². The number of nitrogens with one attached hydrogen (secondary N) is 9. The molecule has 6 aromatic rings. The third kappa shape index (κ3) is 24.1. The molecule has 0 aliphatic carbocycles. The van der Waals surface area contributed by atoms with Crippen LogP contribution in [0, 0.1) is 0 Å². The first-order chi connectivity index (χ1) is 54.0. The first kappa shape index (κ1) is 92.9. The van der Waals surface area contributed by atoms with Crippen LogP contribution in [0.1, 0.15) is 141 Å². The molecule has 0 bridgehead atoms. The molecule has 3 fully saturated rings. The molecule has 620 valence electrons. The van der Waals surface area contributed by atoms with Gasteiger partial charge in [-0.25, -0.2) is 41.7 Å². The molecule has 9 rings (SSSR count). The van der Waals surface area contributed by atoms with E-state index in [9.17, 15) is 68.4 Å². The number of hydroxylamine groups is 3. The van der Waals surface area contributed by atoms with Crippen molar-refractivity contribution < 1.29 is 117 Å². The number of hydrogen-bond donors (Lipinski definition) is 12. The molecule has 12 N–H and O–H groups in total. The van der Waals surface area contributed by atoms with Gasteiger partial charge in [-0.1, -0.05) is 45.0 Å². The fourth-order valence-electron chi connectivity index (χ4n) is 11.7. The Bertz CT molecular complexity index is 4610. The number of halogens is 1. The summed E-state index contributed by atoms with van der Waals surface area (Å²) in [5.74, 6) is -3.73. The Morgan fingerprint density at radius 2 is 0.754 bits per heavy atom. The largest absolute Gasteiger partial charge is 0.496 e. The Morgan fingerprint density at radius 1 is 0.447 bits per heavy atom. The first-order valence-corrected chi connectivity index (χ1v) is 41.4. The lowest BCUT2D eigenvalue weighted by molar-refractivity contribution is -0.135. The zero-order chi connectivity index (χ0) is 82.4. The molecule has 9 amide bonds. The molecular formula is C75H94ClN9O25S4. The molecule has 0 radical (unpaired) electrons. The number of amides is 9. The van der Waals surface area contributed by atoms with Crippen molar-refractivity contribution in [2.24, 2.45) is 0 Å². The number of thioether (sulfide) groups is 1. The molecular weight excluding hydrogens is 1590 g/mol. The van der Waals surface area contributed by atoms with Gasteiger partial charge in [-0.05, 0) is 203 Å². The predicted octanol–water partition coefficient (Wildman–Crippen LogP) is 6.55. The van der Waals surface area contributed by atoms with E-state index in [1.165, 1.54) is 120 Å². The zero-order valence-electron chi connectivity index (χ0n) is 62.0. The summed E-state index contributed by atoms with van der Waals surface area (Å²) in [6.45, 7) is 5.08. The second-order valence-electron chi connectivity index (χ2n) is 25.8. The first-order valence-electron chi connectivity index (χ1n) is 35.3. The van der Waals surface area contributed by atoms with Gasteiger partial charge in [0, 0.05) is 79.9 Å². The van der Waals surface area contributed by atoms with Crippen molar-refractivity contribution in [3.05, 3.63) is 167 Å². The van der Waals surface area contributed by atoms with Gasteiger partial charge in [0.2, 0.25) is 17.7 Å². The molecule has 3 heterocycles. The van der Waals surface area contributed by atoms with Crippen LogP contribution < -0.4 is 67.9 Å². The molecule has 0 unspecified atom stereocenters. The van der Waals surface area contributed by atoms with Crippen molar-refractivity contribution in [1.29, 1.82) is 0 Å². The highest BCUT2D eigenvalue weighted by Gasteiger charge is 2.55. The number of rotatable bonds is 30. The normalized spacial score (nSPS) is 14.7. The third-order valence-corrected chi connectivity index (χ3v) is 26.9. The van der Waals surface area contributed by atoms with Crippen LogP contribution in [-0.2, 0) is 72.5 Å². The van der Waals surface area contributed by atoms with E-state index in [1.54, 1.807) is 42.5 Å². The monoisotopic (exact) mass is 1680 g/mol. The smallest absolute Gasteiger partial charge is 0.273 e. The Balaban J connectivity index is 0.000000265. The minimum Gasteiger partial charge on any atom is -0.496 e. The van der Waals surface area contributed by atoms with Crippen molar-refractivity contribution in [3.63, 3.8) is 0 Å². The summed E-state index contributed by atoms with van der Waals surface area (Å²) in [7, 11) is -10.9. The highest BCUT2D eigenvalue weighted by Crippen LogP contribution is 2.39. The highest BCUT2D eigenvalue weighted by atomic mass is 35.5. The maximum absolute atomic E-state index is 13.3. The third-order valence-electron chi connectivity index (χ3n) is 18.4. The van der Waals surface area contributed by atoms with Gasteiger partial charge in [-0.15, -0.1) is 11.8 Å². The summed E-state index contributed by atoms with van der Waals surface area (Å²) in [6, 6.07) is 35.1. The lowest BCUT2D eigenvalue weighted by atomic mass is 9.98. The van der Waals surface area contributed by atoms with Crippen LogP contribution in [0.5, 0.6) is 23.0 Å². The number of carbonyl (C=O) groups excluding carboxylic acids is 9. The van der Waals surface area contributed by atoms with E-state index in [2.05, 4.69) is 46.4 Å². The molecule has 34 nitrogen and oxygen atoms in total.